The maximum atomic E-state index is 3.51. The van der Waals surface area contributed by atoms with Crippen molar-refractivity contribution in [2.75, 3.05) is 13.1 Å². The largest absolute Gasteiger partial charge is 0.316 e. The molecule has 0 radical (unpaired) electrons. The Labute approximate surface area is 104 Å². The SMILES string of the molecule is CCCNCC(C)C(C)CCc1cccs1. The molecule has 1 aromatic heterocycles. The highest BCUT2D eigenvalue weighted by Crippen LogP contribution is 2.19. The van der Waals surface area contributed by atoms with Crippen LogP contribution in [-0.2, 0) is 6.42 Å². The van der Waals surface area contributed by atoms with Crippen molar-refractivity contribution in [3.05, 3.63) is 22.4 Å². The predicted octanol–water partition coefficient (Wildman–Crippen LogP) is 3.95. The molecule has 92 valence electrons. The molecule has 1 heterocycles. The van der Waals surface area contributed by atoms with Gasteiger partial charge in [0.15, 0.2) is 0 Å². The van der Waals surface area contributed by atoms with Gasteiger partial charge in [-0.1, -0.05) is 26.8 Å². The summed E-state index contributed by atoms with van der Waals surface area (Å²) >= 11 is 1.88. The molecule has 2 atom stereocenters. The van der Waals surface area contributed by atoms with Crippen molar-refractivity contribution in [1.29, 1.82) is 0 Å². The summed E-state index contributed by atoms with van der Waals surface area (Å²) in [6.45, 7) is 9.28. The Kier molecular flexibility index (Phi) is 6.74. The van der Waals surface area contributed by atoms with Crippen LogP contribution >= 0.6 is 11.3 Å². The zero-order valence-corrected chi connectivity index (χ0v) is 11.6. The van der Waals surface area contributed by atoms with Crippen LogP contribution in [0.15, 0.2) is 17.5 Å². The summed E-state index contributed by atoms with van der Waals surface area (Å²) in [6, 6.07) is 4.40. The first kappa shape index (κ1) is 13.7. The van der Waals surface area contributed by atoms with E-state index in [0.29, 0.717) is 0 Å². The predicted molar refractivity (Wildman–Crippen MR) is 74.1 cm³/mol. The Bertz CT molecular complexity index is 256. The first-order valence-corrected chi connectivity index (χ1v) is 7.35. The van der Waals surface area contributed by atoms with E-state index >= 15 is 0 Å². The van der Waals surface area contributed by atoms with Crippen molar-refractivity contribution < 1.29 is 0 Å². The standard InChI is InChI=1S/C14H25NS/c1-4-9-15-11-13(3)12(2)7-8-14-6-5-10-16-14/h5-6,10,12-13,15H,4,7-9,11H2,1-3H3. The minimum absolute atomic E-state index is 0.784. The molecule has 0 amide bonds. The molecule has 16 heavy (non-hydrogen) atoms. The maximum Gasteiger partial charge on any atom is 0.00453 e. The van der Waals surface area contributed by atoms with E-state index in [9.17, 15) is 0 Å². The molecule has 2 unspecified atom stereocenters. The molecule has 0 spiro atoms. The molecule has 0 saturated carbocycles. The molecular formula is C14H25NS. The van der Waals surface area contributed by atoms with Crippen LogP contribution in [-0.4, -0.2) is 13.1 Å². The molecule has 1 nitrogen and oxygen atoms in total. The zero-order chi connectivity index (χ0) is 11.8. The molecule has 0 fully saturated rings. The summed E-state index contributed by atoms with van der Waals surface area (Å²) in [5, 5.41) is 5.68. The Morgan fingerprint density at radius 3 is 2.75 bits per heavy atom. The fourth-order valence-corrected chi connectivity index (χ4v) is 2.54. The van der Waals surface area contributed by atoms with E-state index in [2.05, 4.69) is 43.6 Å². The lowest BCUT2D eigenvalue weighted by Crippen LogP contribution is -2.26. The molecule has 0 aromatic carbocycles. The average Bonchev–Trinajstić information content (AvgIpc) is 2.79. The Hall–Kier alpha value is -0.340. The van der Waals surface area contributed by atoms with Gasteiger partial charge < -0.3 is 5.32 Å². The third kappa shape index (κ3) is 5.13. The number of rotatable bonds is 8. The fourth-order valence-electron chi connectivity index (χ4n) is 1.82. The van der Waals surface area contributed by atoms with Crippen molar-refractivity contribution in [2.45, 2.75) is 40.0 Å². The van der Waals surface area contributed by atoms with Crippen LogP contribution in [0.2, 0.25) is 0 Å². The average molecular weight is 239 g/mol. The highest BCUT2D eigenvalue weighted by Gasteiger charge is 2.11. The lowest BCUT2D eigenvalue weighted by Gasteiger charge is -2.20. The normalized spacial score (nSPS) is 14.9. The van der Waals surface area contributed by atoms with E-state index in [4.69, 9.17) is 0 Å². The summed E-state index contributed by atoms with van der Waals surface area (Å²) in [6.07, 6.45) is 3.79. The fraction of sp³-hybridized carbons (Fsp3) is 0.714. The van der Waals surface area contributed by atoms with Crippen LogP contribution in [0.25, 0.3) is 0 Å². The number of hydrogen-bond donors (Lipinski definition) is 1. The second kappa shape index (κ2) is 7.86. The van der Waals surface area contributed by atoms with Gasteiger partial charge in [-0.25, -0.2) is 0 Å². The van der Waals surface area contributed by atoms with Gasteiger partial charge in [-0.15, -0.1) is 11.3 Å². The number of aryl methyl sites for hydroxylation is 1. The van der Waals surface area contributed by atoms with Gasteiger partial charge in [0.05, 0.1) is 0 Å². The first-order chi connectivity index (χ1) is 7.74. The van der Waals surface area contributed by atoms with Crippen LogP contribution in [0.4, 0.5) is 0 Å². The Morgan fingerprint density at radius 1 is 1.31 bits per heavy atom. The molecule has 0 aliphatic carbocycles. The minimum Gasteiger partial charge on any atom is -0.316 e. The second-order valence-electron chi connectivity index (χ2n) is 4.78. The van der Waals surface area contributed by atoms with E-state index in [1.165, 1.54) is 30.7 Å². The molecule has 2 heteroatoms. The van der Waals surface area contributed by atoms with Crippen LogP contribution in [0.1, 0.15) is 38.5 Å². The lowest BCUT2D eigenvalue weighted by atomic mass is 9.91. The quantitative estimate of drug-likeness (QED) is 0.677. The highest BCUT2D eigenvalue weighted by atomic mass is 32.1. The molecule has 1 N–H and O–H groups in total. The molecule has 0 saturated heterocycles. The van der Waals surface area contributed by atoms with Crippen molar-refractivity contribution in [1.82, 2.24) is 5.32 Å². The van der Waals surface area contributed by atoms with Gasteiger partial charge >= 0.3 is 0 Å². The molecule has 0 aliphatic heterocycles. The summed E-state index contributed by atoms with van der Waals surface area (Å²) in [4.78, 5) is 1.53. The van der Waals surface area contributed by atoms with Crippen molar-refractivity contribution in [3.8, 4) is 0 Å². The van der Waals surface area contributed by atoms with Crippen molar-refractivity contribution in [2.24, 2.45) is 11.8 Å². The highest BCUT2D eigenvalue weighted by molar-refractivity contribution is 7.09. The summed E-state index contributed by atoms with van der Waals surface area (Å²) in [5.74, 6) is 1.60. The summed E-state index contributed by atoms with van der Waals surface area (Å²) < 4.78 is 0. The number of thiophene rings is 1. The van der Waals surface area contributed by atoms with Gasteiger partial charge in [0.2, 0.25) is 0 Å². The number of nitrogens with one attached hydrogen (secondary N) is 1. The van der Waals surface area contributed by atoms with Crippen LogP contribution in [0, 0.1) is 11.8 Å². The van der Waals surface area contributed by atoms with Gasteiger partial charge in [-0.3, -0.25) is 0 Å². The smallest absolute Gasteiger partial charge is 0.00453 e. The summed E-state index contributed by atoms with van der Waals surface area (Å²) in [7, 11) is 0. The minimum atomic E-state index is 0.784. The molecule has 0 aliphatic rings. The Balaban J connectivity index is 2.15. The monoisotopic (exact) mass is 239 g/mol. The lowest BCUT2D eigenvalue weighted by molar-refractivity contribution is 0.348. The van der Waals surface area contributed by atoms with Crippen LogP contribution < -0.4 is 5.32 Å². The summed E-state index contributed by atoms with van der Waals surface area (Å²) in [5.41, 5.74) is 0. The van der Waals surface area contributed by atoms with E-state index in [1.54, 1.807) is 0 Å². The van der Waals surface area contributed by atoms with Crippen LogP contribution in [0.5, 0.6) is 0 Å². The maximum absolute atomic E-state index is 3.51. The molecule has 1 aromatic rings. The first-order valence-electron chi connectivity index (χ1n) is 6.47. The van der Waals surface area contributed by atoms with Crippen molar-refractivity contribution in [3.63, 3.8) is 0 Å². The third-order valence-corrected chi connectivity index (χ3v) is 4.23. The molecule has 0 bridgehead atoms. The van der Waals surface area contributed by atoms with Gasteiger partial charge in [0.25, 0.3) is 0 Å². The van der Waals surface area contributed by atoms with E-state index in [0.717, 1.165) is 18.4 Å². The van der Waals surface area contributed by atoms with E-state index in [1.807, 2.05) is 11.3 Å². The third-order valence-electron chi connectivity index (χ3n) is 3.29. The van der Waals surface area contributed by atoms with Gasteiger partial charge in [0, 0.05) is 4.88 Å². The number of hydrogen-bond acceptors (Lipinski definition) is 2. The van der Waals surface area contributed by atoms with Crippen molar-refractivity contribution >= 4 is 11.3 Å². The molecule has 1 rings (SSSR count). The van der Waals surface area contributed by atoms with Crippen LogP contribution in [0.3, 0.4) is 0 Å². The zero-order valence-electron chi connectivity index (χ0n) is 10.8. The van der Waals surface area contributed by atoms with E-state index < -0.39 is 0 Å². The van der Waals surface area contributed by atoms with Gasteiger partial charge in [0.1, 0.15) is 0 Å². The Morgan fingerprint density at radius 2 is 2.12 bits per heavy atom. The topological polar surface area (TPSA) is 12.0 Å². The van der Waals surface area contributed by atoms with Gasteiger partial charge in [-0.2, -0.15) is 0 Å². The molecular weight excluding hydrogens is 214 g/mol. The van der Waals surface area contributed by atoms with Gasteiger partial charge in [-0.05, 0) is 55.6 Å². The second-order valence-corrected chi connectivity index (χ2v) is 5.81. The van der Waals surface area contributed by atoms with E-state index in [-0.39, 0.29) is 0 Å².